The van der Waals surface area contributed by atoms with Crippen LogP contribution in [0.3, 0.4) is 0 Å². The summed E-state index contributed by atoms with van der Waals surface area (Å²) in [6.45, 7) is 8.12. The third-order valence-electron chi connectivity index (χ3n) is 2.56. The molecule has 0 unspecified atom stereocenters. The second-order valence-electron chi connectivity index (χ2n) is 4.35. The Morgan fingerprint density at radius 1 is 1.56 bits per heavy atom. The first-order valence-corrected chi connectivity index (χ1v) is 7.08. The highest BCUT2D eigenvalue weighted by atomic mass is 79.9. The van der Waals surface area contributed by atoms with Crippen molar-refractivity contribution in [3.05, 3.63) is 22.4 Å². The Labute approximate surface area is 117 Å². The van der Waals surface area contributed by atoms with Crippen molar-refractivity contribution >= 4 is 21.8 Å². The van der Waals surface area contributed by atoms with E-state index >= 15 is 0 Å². The molecule has 1 amide bonds. The van der Waals surface area contributed by atoms with Gasteiger partial charge in [0.2, 0.25) is 0 Å². The van der Waals surface area contributed by atoms with E-state index in [1.807, 2.05) is 23.8 Å². The van der Waals surface area contributed by atoms with Gasteiger partial charge in [0, 0.05) is 36.5 Å². The maximum Gasteiger partial charge on any atom is 0.267 e. The highest BCUT2D eigenvalue weighted by molar-refractivity contribution is 9.10. The molecule has 5 heteroatoms. The fourth-order valence-corrected chi connectivity index (χ4v) is 2.10. The normalized spacial score (nSPS) is 10.9. The summed E-state index contributed by atoms with van der Waals surface area (Å²) in [6.07, 6.45) is 2.77. The van der Waals surface area contributed by atoms with Gasteiger partial charge < -0.3 is 14.6 Å². The number of nitrogens with one attached hydrogen (secondary N) is 1. The lowest BCUT2D eigenvalue weighted by Crippen LogP contribution is -2.27. The van der Waals surface area contributed by atoms with Gasteiger partial charge in [0.1, 0.15) is 5.69 Å². The van der Waals surface area contributed by atoms with Crippen LogP contribution < -0.4 is 5.32 Å². The van der Waals surface area contributed by atoms with Gasteiger partial charge in [-0.05, 0) is 49.2 Å². The molecule has 0 spiro atoms. The van der Waals surface area contributed by atoms with Crippen molar-refractivity contribution in [2.75, 3.05) is 19.8 Å². The molecule has 4 nitrogen and oxygen atoms in total. The summed E-state index contributed by atoms with van der Waals surface area (Å²) in [4.78, 5) is 12.0. The van der Waals surface area contributed by atoms with Gasteiger partial charge >= 0.3 is 0 Å². The van der Waals surface area contributed by atoms with Crippen molar-refractivity contribution in [2.45, 2.75) is 33.2 Å². The number of carbonyl (C=O) groups is 1. The Hall–Kier alpha value is -0.810. The van der Waals surface area contributed by atoms with Gasteiger partial charge in [-0.15, -0.1) is 0 Å². The number of hydrogen-bond acceptors (Lipinski definition) is 2. The van der Waals surface area contributed by atoms with Gasteiger partial charge in [0.25, 0.3) is 5.91 Å². The topological polar surface area (TPSA) is 43.3 Å². The van der Waals surface area contributed by atoms with Crippen LogP contribution >= 0.6 is 15.9 Å². The van der Waals surface area contributed by atoms with Gasteiger partial charge in [-0.25, -0.2) is 0 Å². The molecule has 1 aromatic heterocycles. The third-order valence-corrected chi connectivity index (χ3v) is 2.99. The lowest BCUT2D eigenvalue weighted by atomic mass is 10.3. The van der Waals surface area contributed by atoms with Crippen molar-refractivity contribution in [1.82, 2.24) is 9.88 Å². The van der Waals surface area contributed by atoms with E-state index in [1.165, 1.54) is 0 Å². The first-order chi connectivity index (χ1) is 8.56. The summed E-state index contributed by atoms with van der Waals surface area (Å²) in [5.74, 6) is -0.0362. The highest BCUT2D eigenvalue weighted by Gasteiger charge is 2.14. The summed E-state index contributed by atoms with van der Waals surface area (Å²) in [5, 5.41) is 2.91. The van der Waals surface area contributed by atoms with E-state index in [2.05, 4.69) is 35.1 Å². The number of amides is 1. The molecule has 0 atom stereocenters. The molecule has 0 aliphatic carbocycles. The van der Waals surface area contributed by atoms with Crippen LogP contribution in [0, 0.1) is 0 Å². The lowest BCUT2D eigenvalue weighted by molar-refractivity contribution is 0.0933. The number of halogens is 1. The summed E-state index contributed by atoms with van der Waals surface area (Å²) >= 11 is 3.40. The van der Waals surface area contributed by atoms with Crippen molar-refractivity contribution in [3.63, 3.8) is 0 Å². The molecule has 0 fully saturated rings. The van der Waals surface area contributed by atoms with Crippen LogP contribution in [0.5, 0.6) is 0 Å². The van der Waals surface area contributed by atoms with Crippen LogP contribution in [-0.4, -0.2) is 30.2 Å². The minimum atomic E-state index is -0.0362. The van der Waals surface area contributed by atoms with Crippen LogP contribution in [-0.2, 0) is 4.74 Å². The summed E-state index contributed by atoms with van der Waals surface area (Å²) in [7, 11) is 0. The Morgan fingerprint density at radius 3 is 2.89 bits per heavy atom. The molecule has 1 rings (SSSR count). The zero-order valence-corrected chi connectivity index (χ0v) is 12.8. The van der Waals surface area contributed by atoms with Crippen LogP contribution in [0.1, 0.15) is 43.7 Å². The number of carbonyl (C=O) groups excluding carboxylic acids is 1. The van der Waals surface area contributed by atoms with Crippen LogP contribution in [0.15, 0.2) is 16.7 Å². The molecule has 0 saturated carbocycles. The summed E-state index contributed by atoms with van der Waals surface area (Å²) < 4.78 is 8.11. The van der Waals surface area contributed by atoms with E-state index in [1.54, 1.807) is 0 Å². The van der Waals surface area contributed by atoms with Gasteiger partial charge in [-0.2, -0.15) is 0 Å². The highest BCUT2D eigenvalue weighted by Crippen LogP contribution is 2.19. The standard InChI is InChI=1S/C13H21BrN2O2/c1-4-18-7-5-6-15-13(17)12-8-11(14)9-16(12)10(2)3/h8-10H,4-7H2,1-3H3,(H,15,17). The number of rotatable bonds is 7. The molecule has 0 aliphatic heterocycles. The lowest BCUT2D eigenvalue weighted by Gasteiger charge is -2.12. The summed E-state index contributed by atoms with van der Waals surface area (Å²) in [5.41, 5.74) is 0.688. The van der Waals surface area contributed by atoms with Gasteiger partial charge in [-0.1, -0.05) is 0 Å². The van der Waals surface area contributed by atoms with Crippen molar-refractivity contribution in [2.24, 2.45) is 0 Å². The molecule has 0 bridgehead atoms. The minimum absolute atomic E-state index is 0.0362. The van der Waals surface area contributed by atoms with Crippen molar-refractivity contribution < 1.29 is 9.53 Å². The second kappa shape index (κ2) is 7.59. The number of hydrogen-bond donors (Lipinski definition) is 1. The zero-order chi connectivity index (χ0) is 13.5. The quantitative estimate of drug-likeness (QED) is 0.786. The van der Waals surface area contributed by atoms with E-state index in [0.717, 1.165) is 17.5 Å². The van der Waals surface area contributed by atoms with E-state index in [0.29, 0.717) is 18.8 Å². The van der Waals surface area contributed by atoms with Gasteiger partial charge in [0.15, 0.2) is 0 Å². The molecular formula is C13H21BrN2O2. The van der Waals surface area contributed by atoms with Crippen LogP contribution in [0.25, 0.3) is 0 Å². The molecule has 1 N–H and O–H groups in total. The van der Waals surface area contributed by atoms with E-state index in [-0.39, 0.29) is 11.9 Å². The number of aromatic nitrogens is 1. The average molecular weight is 317 g/mol. The van der Waals surface area contributed by atoms with Crippen molar-refractivity contribution in [1.29, 1.82) is 0 Å². The maximum atomic E-state index is 12.0. The minimum Gasteiger partial charge on any atom is -0.382 e. The molecule has 0 radical (unpaired) electrons. The Balaban J connectivity index is 2.51. The van der Waals surface area contributed by atoms with Gasteiger partial charge in [0.05, 0.1) is 0 Å². The Morgan fingerprint density at radius 2 is 2.28 bits per heavy atom. The first kappa shape index (κ1) is 15.2. The Kier molecular flexibility index (Phi) is 6.43. The maximum absolute atomic E-state index is 12.0. The van der Waals surface area contributed by atoms with Crippen LogP contribution in [0.2, 0.25) is 0 Å². The fraction of sp³-hybridized carbons (Fsp3) is 0.615. The van der Waals surface area contributed by atoms with E-state index in [9.17, 15) is 4.79 Å². The predicted octanol–water partition coefficient (Wildman–Crippen LogP) is 2.99. The largest absolute Gasteiger partial charge is 0.382 e. The Bertz CT molecular complexity index is 388. The smallest absolute Gasteiger partial charge is 0.267 e. The molecule has 1 heterocycles. The zero-order valence-electron chi connectivity index (χ0n) is 11.2. The monoisotopic (exact) mass is 316 g/mol. The molecule has 18 heavy (non-hydrogen) atoms. The molecule has 0 aliphatic rings. The molecular weight excluding hydrogens is 296 g/mol. The van der Waals surface area contributed by atoms with E-state index < -0.39 is 0 Å². The predicted molar refractivity (Wildman–Crippen MR) is 76.0 cm³/mol. The number of ether oxygens (including phenoxy) is 1. The third kappa shape index (κ3) is 4.46. The van der Waals surface area contributed by atoms with Gasteiger partial charge in [-0.3, -0.25) is 4.79 Å². The number of nitrogens with zero attached hydrogens (tertiary/aromatic N) is 1. The second-order valence-corrected chi connectivity index (χ2v) is 5.27. The summed E-state index contributed by atoms with van der Waals surface area (Å²) in [6, 6.07) is 2.11. The average Bonchev–Trinajstić information content (AvgIpc) is 2.71. The molecule has 0 saturated heterocycles. The SMILES string of the molecule is CCOCCCNC(=O)c1cc(Br)cn1C(C)C. The molecule has 0 aromatic carbocycles. The van der Waals surface area contributed by atoms with E-state index in [4.69, 9.17) is 4.74 Å². The van der Waals surface area contributed by atoms with Crippen LogP contribution in [0.4, 0.5) is 0 Å². The first-order valence-electron chi connectivity index (χ1n) is 6.29. The molecule has 1 aromatic rings. The molecule has 102 valence electrons. The fourth-order valence-electron chi connectivity index (χ4n) is 1.67. The van der Waals surface area contributed by atoms with Crippen molar-refractivity contribution in [3.8, 4) is 0 Å².